The zero-order chi connectivity index (χ0) is 23.3. The normalized spacial score (nSPS) is 21.2. The van der Waals surface area contributed by atoms with Gasteiger partial charge in [0.25, 0.3) is 0 Å². The first-order chi connectivity index (χ1) is 16.0. The first kappa shape index (κ1) is 23.2. The summed E-state index contributed by atoms with van der Waals surface area (Å²) in [4.78, 5) is 33.5. The minimum Gasteiger partial charge on any atom is -0.497 e. The molecular weight excluding hydrogens is 423 g/mol. The molecule has 4 rings (SSSR count). The molecular formula is C25H31FN4O3. The number of hydrogen-bond donors (Lipinski definition) is 1. The number of hydrogen-bond acceptors (Lipinski definition) is 5. The van der Waals surface area contributed by atoms with E-state index in [4.69, 9.17) is 4.74 Å². The second kappa shape index (κ2) is 10.3. The lowest BCUT2D eigenvalue weighted by Gasteiger charge is -2.36. The van der Waals surface area contributed by atoms with Crippen molar-refractivity contribution in [3.05, 3.63) is 59.7 Å². The van der Waals surface area contributed by atoms with Gasteiger partial charge >= 0.3 is 0 Å². The molecule has 0 saturated carbocycles. The van der Waals surface area contributed by atoms with Crippen LogP contribution in [0.3, 0.4) is 0 Å². The summed E-state index contributed by atoms with van der Waals surface area (Å²) < 4.78 is 19.6. The number of pyridine rings is 1. The number of carbonyl (C=O) groups is 2. The Morgan fingerprint density at radius 3 is 2.67 bits per heavy atom. The molecule has 1 aromatic carbocycles. The zero-order valence-electron chi connectivity index (χ0n) is 19.1. The summed E-state index contributed by atoms with van der Waals surface area (Å²) in [6, 6.07) is 10.7. The second-order valence-electron chi connectivity index (χ2n) is 8.94. The van der Waals surface area contributed by atoms with Crippen molar-refractivity contribution in [3.63, 3.8) is 0 Å². The summed E-state index contributed by atoms with van der Waals surface area (Å²) in [5.74, 6) is 0.145. The van der Waals surface area contributed by atoms with Crippen molar-refractivity contribution in [2.45, 2.75) is 44.2 Å². The van der Waals surface area contributed by atoms with E-state index in [1.807, 2.05) is 23.1 Å². The fourth-order valence-electron chi connectivity index (χ4n) is 4.73. The van der Waals surface area contributed by atoms with Gasteiger partial charge in [-0.3, -0.25) is 19.5 Å². The van der Waals surface area contributed by atoms with E-state index in [0.29, 0.717) is 56.5 Å². The van der Waals surface area contributed by atoms with Crippen molar-refractivity contribution in [2.75, 3.05) is 33.3 Å². The van der Waals surface area contributed by atoms with E-state index in [1.165, 1.54) is 13.2 Å². The molecule has 8 heteroatoms. The van der Waals surface area contributed by atoms with Gasteiger partial charge in [-0.05, 0) is 43.0 Å². The van der Waals surface area contributed by atoms with Crippen LogP contribution in [0.2, 0.25) is 0 Å². The average Bonchev–Trinajstić information content (AvgIpc) is 3.20. The van der Waals surface area contributed by atoms with E-state index >= 15 is 0 Å². The van der Waals surface area contributed by atoms with Crippen molar-refractivity contribution in [3.8, 4) is 5.75 Å². The van der Waals surface area contributed by atoms with Crippen molar-refractivity contribution < 1.29 is 18.7 Å². The highest BCUT2D eigenvalue weighted by atomic mass is 19.1. The van der Waals surface area contributed by atoms with Crippen LogP contribution in [0, 0.1) is 5.82 Å². The molecule has 0 aliphatic carbocycles. The lowest BCUT2D eigenvalue weighted by atomic mass is 9.84. The lowest BCUT2D eigenvalue weighted by Crippen LogP contribution is -2.49. The van der Waals surface area contributed by atoms with Crippen LogP contribution in [0.25, 0.3) is 0 Å². The number of amides is 2. The van der Waals surface area contributed by atoms with Crippen molar-refractivity contribution in [1.82, 2.24) is 20.1 Å². The molecule has 3 heterocycles. The fourth-order valence-corrected chi connectivity index (χ4v) is 4.73. The van der Waals surface area contributed by atoms with E-state index < -0.39 is 5.54 Å². The third kappa shape index (κ3) is 5.87. The van der Waals surface area contributed by atoms with Gasteiger partial charge in [0.2, 0.25) is 11.8 Å². The van der Waals surface area contributed by atoms with Crippen molar-refractivity contribution in [1.29, 1.82) is 0 Å². The molecule has 0 unspecified atom stereocenters. The molecule has 1 atom stereocenters. The van der Waals surface area contributed by atoms with Gasteiger partial charge < -0.3 is 15.0 Å². The standard InChI is InChI=1S/C25H31FN4O3/c1-33-21-6-5-19(22(26)16-21)17-25(9-7-23(31)28-25)10-8-24(32)30-14-12-29(13-15-30)18-20-4-2-3-11-27-20/h2-6,11,16H,7-10,12-15,17-18H2,1H3,(H,28,31)/t25-/m0/s1. The number of halogens is 1. The van der Waals surface area contributed by atoms with Gasteiger partial charge in [-0.25, -0.2) is 4.39 Å². The summed E-state index contributed by atoms with van der Waals surface area (Å²) in [6.45, 7) is 3.75. The second-order valence-corrected chi connectivity index (χ2v) is 8.94. The van der Waals surface area contributed by atoms with Gasteiger partial charge in [0, 0.05) is 63.4 Å². The monoisotopic (exact) mass is 454 g/mol. The molecule has 176 valence electrons. The fraction of sp³-hybridized carbons (Fsp3) is 0.480. The van der Waals surface area contributed by atoms with Gasteiger partial charge in [0.15, 0.2) is 0 Å². The SMILES string of the molecule is COc1ccc(C[C@@]2(CCC(=O)N3CCN(Cc4ccccn4)CC3)CCC(=O)N2)c(F)c1. The molecule has 0 radical (unpaired) electrons. The predicted molar refractivity (Wildman–Crippen MR) is 122 cm³/mol. The maximum absolute atomic E-state index is 14.6. The number of rotatable bonds is 8. The number of nitrogens with one attached hydrogen (secondary N) is 1. The van der Waals surface area contributed by atoms with Crippen LogP contribution in [-0.2, 0) is 22.6 Å². The van der Waals surface area contributed by atoms with Gasteiger partial charge in [0.1, 0.15) is 11.6 Å². The van der Waals surface area contributed by atoms with E-state index in [2.05, 4.69) is 15.2 Å². The van der Waals surface area contributed by atoms with Gasteiger partial charge in [-0.15, -0.1) is 0 Å². The van der Waals surface area contributed by atoms with Crippen LogP contribution in [0.4, 0.5) is 4.39 Å². The Balaban J connectivity index is 1.32. The molecule has 2 amide bonds. The Kier molecular flexibility index (Phi) is 7.23. The highest BCUT2D eigenvalue weighted by Crippen LogP contribution is 2.31. The average molecular weight is 455 g/mol. The third-order valence-electron chi connectivity index (χ3n) is 6.68. The smallest absolute Gasteiger partial charge is 0.222 e. The Morgan fingerprint density at radius 2 is 2.03 bits per heavy atom. The van der Waals surface area contributed by atoms with E-state index in [0.717, 1.165) is 25.3 Å². The number of methoxy groups -OCH3 is 1. The molecule has 2 aliphatic rings. The molecule has 2 aliphatic heterocycles. The molecule has 1 aromatic heterocycles. The number of carbonyl (C=O) groups excluding carboxylic acids is 2. The molecule has 2 saturated heterocycles. The minimum atomic E-state index is -0.594. The highest BCUT2D eigenvalue weighted by Gasteiger charge is 2.39. The molecule has 0 bridgehead atoms. The Morgan fingerprint density at radius 1 is 1.21 bits per heavy atom. The van der Waals surface area contributed by atoms with Crippen LogP contribution >= 0.6 is 0 Å². The molecule has 7 nitrogen and oxygen atoms in total. The predicted octanol–water partition coefficient (Wildman–Crippen LogP) is 2.55. The van der Waals surface area contributed by atoms with Crippen molar-refractivity contribution >= 4 is 11.8 Å². The van der Waals surface area contributed by atoms with Crippen LogP contribution in [-0.4, -0.2) is 65.4 Å². The minimum absolute atomic E-state index is 0.0421. The van der Waals surface area contributed by atoms with Gasteiger partial charge in [-0.1, -0.05) is 12.1 Å². The van der Waals surface area contributed by atoms with Crippen LogP contribution in [0.5, 0.6) is 5.75 Å². The first-order valence-electron chi connectivity index (χ1n) is 11.5. The van der Waals surface area contributed by atoms with Crippen LogP contribution < -0.4 is 10.1 Å². The topological polar surface area (TPSA) is 74.8 Å². The Hall–Kier alpha value is -3.00. The van der Waals surface area contributed by atoms with Gasteiger partial charge in [0.05, 0.1) is 12.8 Å². The molecule has 2 fully saturated rings. The van der Waals surface area contributed by atoms with E-state index in [1.54, 1.807) is 18.3 Å². The summed E-state index contributed by atoms with van der Waals surface area (Å²) in [5, 5.41) is 3.04. The number of nitrogens with zero attached hydrogens (tertiary/aromatic N) is 3. The summed E-state index contributed by atoms with van der Waals surface area (Å²) in [7, 11) is 1.50. The third-order valence-corrected chi connectivity index (χ3v) is 6.68. The highest BCUT2D eigenvalue weighted by molar-refractivity contribution is 5.80. The summed E-state index contributed by atoms with van der Waals surface area (Å²) >= 11 is 0. The van der Waals surface area contributed by atoms with Crippen molar-refractivity contribution in [2.24, 2.45) is 0 Å². The number of piperazine rings is 1. The first-order valence-corrected chi connectivity index (χ1v) is 11.5. The Labute approximate surface area is 193 Å². The molecule has 33 heavy (non-hydrogen) atoms. The quantitative estimate of drug-likeness (QED) is 0.664. The molecule has 1 N–H and O–H groups in total. The summed E-state index contributed by atoms with van der Waals surface area (Å²) in [5.41, 5.74) is 0.957. The lowest BCUT2D eigenvalue weighted by molar-refractivity contribution is -0.133. The zero-order valence-corrected chi connectivity index (χ0v) is 19.1. The number of benzene rings is 1. The largest absolute Gasteiger partial charge is 0.497 e. The maximum atomic E-state index is 14.6. The van der Waals surface area contributed by atoms with Crippen LogP contribution in [0.15, 0.2) is 42.6 Å². The van der Waals surface area contributed by atoms with Crippen LogP contribution in [0.1, 0.15) is 36.9 Å². The molecule has 2 aromatic rings. The maximum Gasteiger partial charge on any atom is 0.222 e. The molecule has 0 spiro atoms. The Bertz CT molecular complexity index is 979. The van der Waals surface area contributed by atoms with E-state index in [9.17, 15) is 14.0 Å². The van der Waals surface area contributed by atoms with E-state index in [-0.39, 0.29) is 17.6 Å². The number of aromatic nitrogens is 1. The summed E-state index contributed by atoms with van der Waals surface area (Å²) in [6.07, 6.45) is 3.99. The number of ether oxygens (including phenoxy) is 1. The van der Waals surface area contributed by atoms with Gasteiger partial charge in [-0.2, -0.15) is 0 Å².